The summed E-state index contributed by atoms with van der Waals surface area (Å²) in [7, 11) is 0. The quantitative estimate of drug-likeness (QED) is 0.319. The van der Waals surface area contributed by atoms with E-state index in [9.17, 15) is 9.90 Å². The Kier molecular flexibility index (Phi) is 8.84. The van der Waals surface area contributed by atoms with Gasteiger partial charge < -0.3 is 15.2 Å². The lowest BCUT2D eigenvalue weighted by atomic mass is 10.0. The number of nitrogens with one attached hydrogen (secondary N) is 2. The van der Waals surface area contributed by atoms with Crippen LogP contribution in [0.1, 0.15) is 51.0 Å². The zero-order valence-corrected chi connectivity index (χ0v) is 22.4. The first-order valence-electron chi connectivity index (χ1n) is 12.0. The monoisotopic (exact) mass is 527 g/mol. The number of hydrogen-bond donors (Lipinski definition) is 3. The number of ether oxygens (including phenoxy) is 1. The predicted molar refractivity (Wildman–Crippen MR) is 145 cm³/mol. The minimum absolute atomic E-state index is 0.214. The number of rotatable bonds is 8. The Morgan fingerprint density at radius 1 is 1.25 bits per heavy atom. The SMILES string of the molecule is CC(C)(C)OC(=O)Nc1ccc(C(O)N2CCC[C@@H](Nc3ncc(SCc4ccncc4)s3)C2)cc1. The van der Waals surface area contributed by atoms with Crippen LogP contribution in [0.2, 0.25) is 0 Å². The molecular formula is C26H33N5O3S2. The highest BCUT2D eigenvalue weighted by atomic mass is 32.2. The topological polar surface area (TPSA) is 99.6 Å². The smallest absolute Gasteiger partial charge is 0.412 e. The van der Waals surface area contributed by atoms with Gasteiger partial charge in [0.25, 0.3) is 0 Å². The molecule has 3 N–H and O–H groups in total. The van der Waals surface area contributed by atoms with Gasteiger partial charge in [-0.1, -0.05) is 23.5 Å². The van der Waals surface area contributed by atoms with Crippen LogP contribution in [0.25, 0.3) is 0 Å². The van der Waals surface area contributed by atoms with E-state index in [1.54, 1.807) is 35.2 Å². The van der Waals surface area contributed by atoms with Crippen molar-refractivity contribution in [3.05, 3.63) is 66.1 Å². The summed E-state index contributed by atoms with van der Waals surface area (Å²) in [6, 6.07) is 11.5. The Morgan fingerprint density at radius 3 is 2.72 bits per heavy atom. The summed E-state index contributed by atoms with van der Waals surface area (Å²) in [5.74, 6) is 0.889. The summed E-state index contributed by atoms with van der Waals surface area (Å²) < 4.78 is 6.46. The molecule has 1 fully saturated rings. The van der Waals surface area contributed by atoms with E-state index in [4.69, 9.17) is 4.74 Å². The standard InChI is InChI=1S/C26H33N5O3S2/c1-26(2,3)34-25(33)30-20-8-6-19(7-9-20)23(32)31-14-4-5-21(16-31)29-24-28-15-22(36-24)35-17-18-10-12-27-13-11-18/h6-13,15,21,23,32H,4-5,14,16-17H2,1-3H3,(H,28,29)(H,30,33)/t21-,23?/m1/s1. The molecule has 2 atom stereocenters. The fourth-order valence-electron chi connectivity index (χ4n) is 3.92. The molecule has 3 heterocycles. The van der Waals surface area contributed by atoms with Gasteiger partial charge in [-0.25, -0.2) is 9.78 Å². The number of aliphatic hydroxyl groups is 1. The molecule has 0 spiro atoms. The van der Waals surface area contributed by atoms with Crippen molar-refractivity contribution in [3.63, 3.8) is 0 Å². The molecule has 0 radical (unpaired) electrons. The fourth-order valence-corrected chi connectivity index (χ4v) is 5.82. The number of anilines is 2. The van der Waals surface area contributed by atoms with Gasteiger partial charge in [-0.15, -0.1) is 11.8 Å². The molecule has 0 bridgehead atoms. The third-order valence-electron chi connectivity index (χ3n) is 5.60. The number of nitrogens with zero attached hydrogens (tertiary/aromatic N) is 3. The molecule has 0 aliphatic carbocycles. The maximum absolute atomic E-state index is 12.0. The number of thiazole rings is 1. The number of carbonyl (C=O) groups excluding carboxylic acids is 1. The minimum atomic E-state index is -0.715. The Bertz CT molecular complexity index is 1120. The molecule has 1 saturated heterocycles. The lowest BCUT2D eigenvalue weighted by Crippen LogP contribution is -2.43. The van der Waals surface area contributed by atoms with Crippen LogP contribution in [0, 0.1) is 0 Å². The first-order valence-corrected chi connectivity index (χ1v) is 13.8. The number of aromatic nitrogens is 2. The van der Waals surface area contributed by atoms with Crippen molar-refractivity contribution in [3.8, 4) is 0 Å². The summed E-state index contributed by atoms with van der Waals surface area (Å²) in [4.78, 5) is 22.7. The van der Waals surface area contributed by atoms with Crippen molar-refractivity contribution in [1.82, 2.24) is 14.9 Å². The molecule has 3 aromatic rings. The minimum Gasteiger partial charge on any atom is -0.444 e. The van der Waals surface area contributed by atoms with Gasteiger partial charge in [0.1, 0.15) is 11.8 Å². The fraction of sp³-hybridized carbons (Fsp3) is 0.423. The number of aliphatic hydroxyl groups excluding tert-OH is 1. The second-order valence-corrected chi connectivity index (χ2v) is 12.0. The number of piperidine rings is 1. The van der Waals surface area contributed by atoms with Gasteiger partial charge in [0.15, 0.2) is 5.13 Å². The third kappa shape index (κ3) is 7.92. The van der Waals surface area contributed by atoms with Crippen LogP contribution in [0.3, 0.4) is 0 Å². The van der Waals surface area contributed by atoms with Gasteiger partial charge in [-0.3, -0.25) is 15.2 Å². The summed E-state index contributed by atoms with van der Waals surface area (Å²) in [5, 5.41) is 18.2. The average Bonchev–Trinajstić information content (AvgIpc) is 3.29. The van der Waals surface area contributed by atoms with Crippen molar-refractivity contribution >= 4 is 40.0 Å². The molecule has 1 amide bonds. The van der Waals surface area contributed by atoms with Crippen molar-refractivity contribution in [1.29, 1.82) is 0 Å². The second kappa shape index (κ2) is 12.1. The van der Waals surface area contributed by atoms with Crippen molar-refractivity contribution in [2.45, 2.75) is 61.4 Å². The van der Waals surface area contributed by atoms with E-state index < -0.39 is 17.9 Å². The highest BCUT2D eigenvalue weighted by Gasteiger charge is 2.26. The molecule has 2 aromatic heterocycles. The number of benzene rings is 1. The van der Waals surface area contributed by atoms with Gasteiger partial charge in [-0.05, 0) is 69.0 Å². The van der Waals surface area contributed by atoms with Gasteiger partial charge in [0.2, 0.25) is 0 Å². The van der Waals surface area contributed by atoms with E-state index >= 15 is 0 Å². The Hall–Kier alpha value is -2.66. The third-order valence-corrected chi connectivity index (χ3v) is 7.79. The molecule has 36 heavy (non-hydrogen) atoms. The highest BCUT2D eigenvalue weighted by Crippen LogP contribution is 2.32. The molecule has 8 nitrogen and oxygen atoms in total. The molecule has 1 aromatic carbocycles. The normalized spacial score (nSPS) is 17.4. The van der Waals surface area contributed by atoms with Crippen molar-refractivity contribution in [2.75, 3.05) is 23.7 Å². The van der Waals surface area contributed by atoms with Gasteiger partial charge >= 0.3 is 6.09 Å². The maximum Gasteiger partial charge on any atom is 0.412 e. The Morgan fingerprint density at radius 2 is 2.00 bits per heavy atom. The molecular weight excluding hydrogens is 494 g/mol. The summed E-state index contributed by atoms with van der Waals surface area (Å²) in [5.41, 5.74) is 2.09. The molecule has 192 valence electrons. The lowest BCUT2D eigenvalue weighted by molar-refractivity contribution is -0.0126. The Balaban J connectivity index is 1.28. The van der Waals surface area contributed by atoms with Crippen LogP contribution in [-0.2, 0) is 10.5 Å². The van der Waals surface area contributed by atoms with E-state index in [-0.39, 0.29) is 6.04 Å². The van der Waals surface area contributed by atoms with Crippen LogP contribution in [-0.4, -0.2) is 50.8 Å². The van der Waals surface area contributed by atoms with E-state index in [2.05, 4.69) is 25.5 Å². The molecule has 1 unspecified atom stereocenters. The molecule has 1 aliphatic heterocycles. The first kappa shape index (κ1) is 26.4. The molecule has 4 rings (SSSR count). The second-order valence-electron chi connectivity index (χ2n) is 9.73. The predicted octanol–water partition coefficient (Wildman–Crippen LogP) is 5.74. The van der Waals surface area contributed by atoms with Gasteiger partial charge in [-0.2, -0.15) is 0 Å². The van der Waals surface area contributed by atoms with Crippen LogP contribution in [0.15, 0.2) is 59.2 Å². The van der Waals surface area contributed by atoms with Crippen LogP contribution >= 0.6 is 23.1 Å². The van der Waals surface area contributed by atoms with Crippen LogP contribution < -0.4 is 10.6 Å². The van der Waals surface area contributed by atoms with Gasteiger partial charge in [0, 0.05) is 43.0 Å². The number of pyridine rings is 1. The Labute approximate surface area is 220 Å². The van der Waals surface area contributed by atoms with E-state index in [0.717, 1.165) is 42.4 Å². The van der Waals surface area contributed by atoms with Crippen molar-refractivity contribution in [2.24, 2.45) is 0 Å². The maximum atomic E-state index is 12.0. The first-order chi connectivity index (χ1) is 17.2. The number of amides is 1. The number of likely N-dealkylation sites (tertiary alicyclic amines) is 1. The van der Waals surface area contributed by atoms with Crippen molar-refractivity contribution < 1.29 is 14.6 Å². The molecule has 1 aliphatic rings. The van der Waals surface area contributed by atoms with Crippen LogP contribution in [0.4, 0.5) is 15.6 Å². The average molecular weight is 528 g/mol. The van der Waals surface area contributed by atoms with E-state index in [1.165, 1.54) is 9.77 Å². The number of thioether (sulfide) groups is 1. The van der Waals surface area contributed by atoms with E-state index in [0.29, 0.717) is 5.69 Å². The van der Waals surface area contributed by atoms with E-state index in [1.807, 2.05) is 63.6 Å². The molecule has 0 saturated carbocycles. The number of hydrogen-bond acceptors (Lipinski definition) is 9. The van der Waals surface area contributed by atoms with Crippen LogP contribution in [0.5, 0.6) is 0 Å². The summed E-state index contributed by atoms with van der Waals surface area (Å²) >= 11 is 3.43. The van der Waals surface area contributed by atoms with Gasteiger partial charge in [0.05, 0.1) is 10.4 Å². The lowest BCUT2D eigenvalue weighted by Gasteiger charge is -2.36. The summed E-state index contributed by atoms with van der Waals surface area (Å²) in [6.07, 6.45) is 6.35. The largest absolute Gasteiger partial charge is 0.444 e. The zero-order valence-electron chi connectivity index (χ0n) is 20.8. The summed E-state index contributed by atoms with van der Waals surface area (Å²) in [6.45, 7) is 7.01. The number of carbonyl (C=O) groups is 1. The zero-order chi connectivity index (χ0) is 25.5. The molecule has 10 heteroatoms. The highest BCUT2D eigenvalue weighted by molar-refractivity contribution is 8.00.